The molecule has 1 aliphatic rings. The Morgan fingerprint density at radius 3 is 3.00 bits per heavy atom. The van der Waals surface area contributed by atoms with Crippen LogP contribution in [0.5, 0.6) is 0 Å². The number of Topliss-reactive ketones (excluding diaryl/α,β-unsaturated/α-hetero) is 1. The maximum atomic E-state index is 11.7. The molecule has 1 aliphatic carbocycles. The molecule has 0 bridgehead atoms. The number of rotatable bonds is 3. The maximum absolute atomic E-state index is 11.7. The van der Waals surface area contributed by atoms with Crippen LogP contribution in [0.4, 0.5) is 0 Å². The van der Waals surface area contributed by atoms with E-state index in [2.05, 4.69) is 11.9 Å². The number of aromatic nitrogens is 1. The van der Waals surface area contributed by atoms with Crippen molar-refractivity contribution in [1.29, 1.82) is 0 Å². The van der Waals surface area contributed by atoms with Gasteiger partial charge in [0.15, 0.2) is 0 Å². The molecule has 0 radical (unpaired) electrons. The third-order valence-electron chi connectivity index (χ3n) is 2.74. The molecule has 1 fully saturated rings. The van der Waals surface area contributed by atoms with Gasteiger partial charge in [0.05, 0.1) is 5.02 Å². The summed E-state index contributed by atoms with van der Waals surface area (Å²) in [6, 6.07) is 1.81. The molecule has 2 atom stereocenters. The van der Waals surface area contributed by atoms with Crippen LogP contribution in [0.15, 0.2) is 18.5 Å². The first-order valence-electron chi connectivity index (χ1n) is 4.79. The largest absolute Gasteiger partial charge is 0.299 e. The maximum Gasteiger partial charge on any atom is 0.140 e. The lowest BCUT2D eigenvalue weighted by molar-refractivity contribution is -0.119. The topological polar surface area (TPSA) is 30.0 Å². The third kappa shape index (κ3) is 1.95. The molecule has 1 heterocycles. The van der Waals surface area contributed by atoms with Gasteiger partial charge in [-0.25, -0.2) is 0 Å². The number of hydrogen-bond acceptors (Lipinski definition) is 2. The van der Waals surface area contributed by atoms with Crippen molar-refractivity contribution >= 4 is 17.4 Å². The Hall–Kier alpha value is -0.890. The molecule has 0 spiro atoms. The molecule has 2 nitrogen and oxygen atoms in total. The van der Waals surface area contributed by atoms with Crippen LogP contribution in [-0.4, -0.2) is 10.8 Å². The first-order valence-corrected chi connectivity index (χ1v) is 5.17. The van der Waals surface area contributed by atoms with Gasteiger partial charge in [-0.1, -0.05) is 18.5 Å². The summed E-state index contributed by atoms with van der Waals surface area (Å²) in [5, 5.41) is 0.592. The van der Waals surface area contributed by atoms with Crippen molar-refractivity contribution in [3.05, 3.63) is 29.0 Å². The van der Waals surface area contributed by atoms with Crippen LogP contribution in [0, 0.1) is 11.8 Å². The quantitative estimate of drug-likeness (QED) is 0.766. The van der Waals surface area contributed by atoms with Crippen LogP contribution < -0.4 is 0 Å². The second-order valence-corrected chi connectivity index (χ2v) is 4.34. The Kier molecular flexibility index (Phi) is 2.55. The van der Waals surface area contributed by atoms with E-state index in [1.165, 1.54) is 0 Å². The molecule has 2 rings (SSSR count). The number of pyridine rings is 1. The van der Waals surface area contributed by atoms with E-state index in [-0.39, 0.29) is 5.92 Å². The van der Waals surface area contributed by atoms with E-state index in [9.17, 15) is 4.79 Å². The van der Waals surface area contributed by atoms with Gasteiger partial charge in [0.1, 0.15) is 5.78 Å². The van der Waals surface area contributed by atoms with Crippen LogP contribution in [0.3, 0.4) is 0 Å². The lowest BCUT2D eigenvalue weighted by atomic mass is 10.1. The standard InChI is InChI=1S/C11H12ClNO/c1-7-4-9(7)11(14)5-8-2-3-13-6-10(8)12/h2-3,6-7,9H,4-5H2,1H3. The van der Waals surface area contributed by atoms with Crippen LogP contribution in [0.25, 0.3) is 0 Å². The highest BCUT2D eigenvalue weighted by Gasteiger charge is 2.38. The van der Waals surface area contributed by atoms with Crippen LogP contribution in [0.1, 0.15) is 18.9 Å². The van der Waals surface area contributed by atoms with E-state index in [0.717, 1.165) is 12.0 Å². The van der Waals surface area contributed by atoms with Gasteiger partial charge in [0, 0.05) is 24.7 Å². The summed E-state index contributed by atoms with van der Waals surface area (Å²) in [5.74, 6) is 1.16. The third-order valence-corrected chi connectivity index (χ3v) is 3.08. The Morgan fingerprint density at radius 1 is 1.71 bits per heavy atom. The fourth-order valence-electron chi connectivity index (χ4n) is 1.64. The molecular formula is C11H12ClNO. The number of halogens is 1. The summed E-state index contributed by atoms with van der Waals surface area (Å²) in [6.45, 7) is 2.11. The molecule has 74 valence electrons. The zero-order chi connectivity index (χ0) is 10.1. The van der Waals surface area contributed by atoms with Gasteiger partial charge < -0.3 is 0 Å². The predicted molar refractivity (Wildman–Crippen MR) is 55.2 cm³/mol. The number of nitrogens with zero attached hydrogens (tertiary/aromatic N) is 1. The minimum atomic E-state index is 0.277. The number of carbonyl (C=O) groups excluding carboxylic acids is 1. The van der Waals surface area contributed by atoms with Crippen molar-refractivity contribution < 1.29 is 4.79 Å². The van der Waals surface area contributed by atoms with Gasteiger partial charge in [0.25, 0.3) is 0 Å². The average Bonchev–Trinajstić information content (AvgIpc) is 2.87. The highest BCUT2D eigenvalue weighted by Crippen LogP contribution is 2.39. The molecule has 14 heavy (non-hydrogen) atoms. The van der Waals surface area contributed by atoms with Gasteiger partial charge in [-0.05, 0) is 24.0 Å². The number of hydrogen-bond donors (Lipinski definition) is 0. The van der Waals surface area contributed by atoms with Gasteiger partial charge in [-0.3, -0.25) is 9.78 Å². The average molecular weight is 210 g/mol. The smallest absolute Gasteiger partial charge is 0.140 e. The monoisotopic (exact) mass is 209 g/mol. The molecule has 0 amide bonds. The van der Waals surface area contributed by atoms with Gasteiger partial charge in [0.2, 0.25) is 0 Å². The molecular weight excluding hydrogens is 198 g/mol. The van der Waals surface area contributed by atoms with Gasteiger partial charge in [-0.2, -0.15) is 0 Å². The van der Waals surface area contributed by atoms with Crippen LogP contribution in [-0.2, 0) is 11.2 Å². The molecule has 2 unspecified atom stereocenters. The Bertz CT molecular complexity index is 364. The molecule has 3 heteroatoms. The second kappa shape index (κ2) is 3.70. The predicted octanol–water partition coefficient (Wildman–Crippen LogP) is 2.50. The first kappa shape index (κ1) is 9.66. The highest BCUT2D eigenvalue weighted by molar-refractivity contribution is 6.31. The van der Waals surface area contributed by atoms with Crippen molar-refractivity contribution in [2.45, 2.75) is 19.8 Å². The van der Waals surface area contributed by atoms with E-state index in [4.69, 9.17) is 11.6 Å². The Morgan fingerprint density at radius 2 is 2.43 bits per heavy atom. The van der Waals surface area contributed by atoms with Gasteiger partial charge >= 0.3 is 0 Å². The summed E-state index contributed by atoms with van der Waals surface area (Å²) < 4.78 is 0. The van der Waals surface area contributed by atoms with Crippen molar-refractivity contribution in [3.63, 3.8) is 0 Å². The molecule has 1 saturated carbocycles. The van der Waals surface area contributed by atoms with Crippen molar-refractivity contribution in [2.24, 2.45) is 11.8 Å². The lowest BCUT2D eigenvalue weighted by Gasteiger charge is -2.01. The molecule has 0 aliphatic heterocycles. The molecule has 0 aromatic carbocycles. The van der Waals surface area contributed by atoms with E-state index >= 15 is 0 Å². The van der Waals surface area contributed by atoms with Crippen molar-refractivity contribution in [2.75, 3.05) is 0 Å². The molecule has 1 aromatic rings. The second-order valence-electron chi connectivity index (χ2n) is 3.93. The van der Waals surface area contributed by atoms with Crippen molar-refractivity contribution in [3.8, 4) is 0 Å². The first-order chi connectivity index (χ1) is 6.68. The summed E-state index contributed by atoms with van der Waals surface area (Å²) >= 11 is 5.92. The van der Waals surface area contributed by atoms with Crippen LogP contribution in [0.2, 0.25) is 5.02 Å². The Balaban J connectivity index is 2.04. The highest BCUT2D eigenvalue weighted by atomic mass is 35.5. The van der Waals surface area contributed by atoms with Crippen LogP contribution >= 0.6 is 11.6 Å². The molecule has 0 saturated heterocycles. The van der Waals surface area contributed by atoms with E-state index in [0.29, 0.717) is 23.1 Å². The Labute approximate surface area is 88.3 Å². The lowest BCUT2D eigenvalue weighted by Crippen LogP contribution is -2.06. The molecule has 0 N–H and O–H groups in total. The fourth-order valence-corrected chi connectivity index (χ4v) is 1.82. The summed E-state index contributed by atoms with van der Waals surface area (Å²) in [7, 11) is 0. The number of carbonyl (C=O) groups is 1. The van der Waals surface area contributed by atoms with Gasteiger partial charge in [-0.15, -0.1) is 0 Å². The molecule has 1 aromatic heterocycles. The number of ketones is 1. The zero-order valence-corrected chi connectivity index (χ0v) is 8.79. The summed E-state index contributed by atoms with van der Waals surface area (Å²) in [4.78, 5) is 15.5. The fraction of sp³-hybridized carbons (Fsp3) is 0.455. The van der Waals surface area contributed by atoms with E-state index in [1.807, 2.05) is 6.07 Å². The minimum absolute atomic E-state index is 0.277. The SMILES string of the molecule is CC1CC1C(=O)Cc1ccncc1Cl. The normalized spacial score (nSPS) is 24.7. The summed E-state index contributed by atoms with van der Waals surface area (Å²) in [6.07, 6.45) is 4.75. The summed E-state index contributed by atoms with van der Waals surface area (Å²) in [5.41, 5.74) is 0.894. The van der Waals surface area contributed by atoms with E-state index < -0.39 is 0 Å². The minimum Gasteiger partial charge on any atom is -0.299 e. The van der Waals surface area contributed by atoms with E-state index in [1.54, 1.807) is 12.4 Å². The van der Waals surface area contributed by atoms with Crippen molar-refractivity contribution in [1.82, 2.24) is 4.98 Å². The zero-order valence-electron chi connectivity index (χ0n) is 8.03.